The maximum Gasteiger partial charge on any atom is 0.0323 e. The Morgan fingerprint density at radius 1 is 1.20 bits per heavy atom. The summed E-state index contributed by atoms with van der Waals surface area (Å²) >= 11 is 0. The van der Waals surface area contributed by atoms with Gasteiger partial charge in [-0.2, -0.15) is 0 Å². The van der Waals surface area contributed by atoms with E-state index in [9.17, 15) is 0 Å². The largest absolute Gasteiger partial charge is 0.310 e. The molecule has 1 aliphatic rings. The number of fused-ring (bicyclic) bond motifs is 1. The average molecular weight is 203 g/mol. The van der Waals surface area contributed by atoms with Crippen LogP contribution >= 0.6 is 0 Å². The minimum Gasteiger partial charge on any atom is -0.310 e. The quantitative estimate of drug-likeness (QED) is 0.791. The monoisotopic (exact) mass is 203 g/mol. The molecule has 1 heteroatoms. The van der Waals surface area contributed by atoms with Crippen molar-refractivity contribution in [3.8, 4) is 0 Å². The van der Waals surface area contributed by atoms with Crippen LogP contribution in [0.2, 0.25) is 0 Å². The predicted molar refractivity (Wildman–Crippen MR) is 65.1 cm³/mol. The molecule has 1 aromatic rings. The molecule has 2 atom stereocenters. The Morgan fingerprint density at radius 2 is 1.93 bits per heavy atom. The van der Waals surface area contributed by atoms with Gasteiger partial charge in [-0.1, -0.05) is 38.1 Å². The summed E-state index contributed by atoms with van der Waals surface area (Å²) in [6.45, 7) is 5.70. The lowest BCUT2D eigenvalue weighted by Crippen LogP contribution is -2.26. The van der Waals surface area contributed by atoms with Crippen molar-refractivity contribution < 1.29 is 0 Å². The lowest BCUT2D eigenvalue weighted by atomic mass is 9.81. The van der Waals surface area contributed by atoms with E-state index >= 15 is 0 Å². The van der Waals surface area contributed by atoms with E-state index in [1.165, 1.54) is 24.8 Å². The molecule has 0 amide bonds. The molecule has 0 aliphatic heterocycles. The van der Waals surface area contributed by atoms with Crippen molar-refractivity contribution in [3.63, 3.8) is 0 Å². The van der Waals surface area contributed by atoms with Crippen LogP contribution in [0.15, 0.2) is 24.3 Å². The van der Waals surface area contributed by atoms with Gasteiger partial charge >= 0.3 is 0 Å². The Kier molecular flexibility index (Phi) is 3.42. The smallest absolute Gasteiger partial charge is 0.0323 e. The molecule has 0 bridgehead atoms. The first kappa shape index (κ1) is 10.7. The summed E-state index contributed by atoms with van der Waals surface area (Å²) in [7, 11) is 0. The fraction of sp³-hybridized carbons (Fsp3) is 0.571. The van der Waals surface area contributed by atoms with E-state index in [-0.39, 0.29) is 0 Å². The Morgan fingerprint density at radius 3 is 2.67 bits per heavy atom. The topological polar surface area (TPSA) is 12.0 Å². The van der Waals surface area contributed by atoms with Gasteiger partial charge in [0.2, 0.25) is 0 Å². The van der Waals surface area contributed by atoms with Gasteiger partial charge in [0.1, 0.15) is 0 Å². The lowest BCUT2D eigenvalue weighted by Gasteiger charge is -2.30. The molecule has 0 fully saturated rings. The molecular formula is C14H21N. The van der Waals surface area contributed by atoms with E-state index in [0.717, 1.165) is 12.5 Å². The fourth-order valence-electron chi connectivity index (χ4n) is 2.54. The normalized spacial score (nSPS) is 24.9. The molecule has 82 valence electrons. The summed E-state index contributed by atoms with van der Waals surface area (Å²) in [6, 6.07) is 9.50. The first-order valence-corrected chi connectivity index (χ1v) is 6.15. The highest BCUT2D eigenvalue weighted by Gasteiger charge is 2.23. The van der Waals surface area contributed by atoms with Gasteiger partial charge in [0.05, 0.1) is 0 Å². The van der Waals surface area contributed by atoms with Crippen LogP contribution in [0.1, 0.15) is 56.2 Å². The molecule has 1 aliphatic carbocycles. The molecule has 1 aromatic carbocycles. The van der Waals surface area contributed by atoms with E-state index in [4.69, 9.17) is 0 Å². The van der Waals surface area contributed by atoms with Crippen molar-refractivity contribution in [2.75, 3.05) is 6.54 Å². The van der Waals surface area contributed by atoms with Crippen molar-refractivity contribution in [2.24, 2.45) is 0 Å². The van der Waals surface area contributed by atoms with Crippen LogP contribution in [0.5, 0.6) is 0 Å². The molecule has 0 radical (unpaired) electrons. The molecule has 0 saturated carbocycles. The second-order valence-electron chi connectivity index (χ2n) is 4.61. The Hall–Kier alpha value is -0.820. The lowest BCUT2D eigenvalue weighted by molar-refractivity contribution is 0.433. The highest BCUT2D eigenvalue weighted by atomic mass is 14.9. The van der Waals surface area contributed by atoms with Crippen molar-refractivity contribution in [1.29, 1.82) is 0 Å². The standard InChI is InChI=1S/C14H21N/c1-3-10-15-14-9-8-11(2)12-6-4-5-7-13(12)14/h4-7,11,14-15H,3,8-10H2,1-2H3/t11-,14+/m0/s1. The van der Waals surface area contributed by atoms with Gasteiger partial charge < -0.3 is 5.32 Å². The third kappa shape index (κ3) is 2.23. The number of benzene rings is 1. The molecule has 0 spiro atoms. The van der Waals surface area contributed by atoms with Crippen molar-refractivity contribution in [1.82, 2.24) is 5.32 Å². The summed E-state index contributed by atoms with van der Waals surface area (Å²) in [5.41, 5.74) is 3.09. The molecule has 1 N–H and O–H groups in total. The van der Waals surface area contributed by atoms with Gasteiger partial charge in [-0.25, -0.2) is 0 Å². The van der Waals surface area contributed by atoms with Gasteiger partial charge in [0, 0.05) is 6.04 Å². The zero-order chi connectivity index (χ0) is 10.7. The predicted octanol–water partition coefficient (Wildman–Crippen LogP) is 3.62. The number of rotatable bonds is 3. The highest BCUT2D eigenvalue weighted by molar-refractivity contribution is 5.34. The van der Waals surface area contributed by atoms with Crippen LogP contribution in [-0.2, 0) is 0 Å². The second kappa shape index (κ2) is 4.80. The van der Waals surface area contributed by atoms with E-state index in [2.05, 4.69) is 43.4 Å². The Labute approximate surface area is 92.9 Å². The zero-order valence-corrected chi connectivity index (χ0v) is 9.79. The molecule has 0 heterocycles. The summed E-state index contributed by atoms with van der Waals surface area (Å²) < 4.78 is 0. The summed E-state index contributed by atoms with van der Waals surface area (Å²) in [6.07, 6.45) is 3.82. The second-order valence-corrected chi connectivity index (χ2v) is 4.61. The molecule has 0 unspecified atom stereocenters. The average Bonchev–Trinajstić information content (AvgIpc) is 2.29. The van der Waals surface area contributed by atoms with E-state index in [0.29, 0.717) is 6.04 Å². The molecule has 2 rings (SSSR count). The van der Waals surface area contributed by atoms with Gasteiger partial charge in [-0.15, -0.1) is 0 Å². The van der Waals surface area contributed by atoms with Crippen LogP contribution < -0.4 is 5.32 Å². The minimum absolute atomic E-state index is 0.595. The Bertz CT molecular complexity index is 319. The third-order valence-corrected chi connectivity index (χ3v) is 3.43. The van der Waals surface area contributed by atoms with Crippen LogP contribution in [0.3, 0.4) is 0 Å². The van der Waals surface area contributed by atoms with Crippen molar-refractivity contribution in [3.05, 3.63) is 35.4 Å². The maximum absolute atomic E-state index is 3.65. The SMILES string of the molecule is CCCN[C@@H]1CC[C@H](C)c2ccccc21. The summed E-state index contributed by atoms with van der Waals surface area (Å²) in [4.78, 5) is 0. The molecule has 0 aromatic heterocycles. The van der Waals surface area contributed by atoms with Crippen LogP contribution in [0.4, 0.5) is 0 Å². The minimum atomic E-state index is 0.595. The van der Waals surface area contributed by atoms with Gasteiger partial charge in [0.15, 0.2) is 0 Å². The van der Waals surface area contributed by atoms with E-state index in [1.54, 1.807) is 5.56 Å². The highest BCUT2D eigenvalue weighted by Crippen LogP contribution is 2.36. The zero-order valence-electron chi connectivity index (χ0n) is 9.79. The molecule has 0 saturated heterocycles. The first-order valence-electron chi connectivity index (χ1n) is 6.15. The summed E-state index contributed by atoms with van der Waals surface area (Å²) in [5.74, 6) is 0.737. The van der Waals surface area contributed by atoms with E-state index in [1.807, 2.05) is 0 Å². The van der Waals surface area contributed by atoms with Gasteiger partial charge in [0.25, 0.3) is 0 Å². The molecular weight excluding hydrogens is 182 g/mol. The number of hydrogen-bond acceptors (Lipinski definition) is 1. The van der Waals surface area contributed by atoms with E-state index < -0.39 is 0 Å². The van der Waals surface area contributed by atoms with Crippen LogP contribution in [0.25, 0.3) is 0 Å². The van der Waals surface area contributed by atoms with Gasteiger partial charge in [-0.3, -0.25) is 0 Å². The van der Waals surface area contributed by atoms with Crippen molar-refractivity contribution in [2.45, 2.75) is 45.1 Å². The molecule has 15 heavy (non-hydrogen) atoms. The summed E-state index contributed by atoms with van der Waals surface area (Å²) in [5, 5.41) is 3.65. The van der Waals surface area contributed by atoms with Gasteiger partial charge in [-0.05, 0) is 42.9 Å². The maximum atomic E-state index is 3.65. The first-order chi connectivity index (χ1) is 7.33. The Balaban J connectivity index is 2.20. The fourth-order valence-corrected chi connectivity index (χ4v) is 2.54. The third-order valence-electron chi connectivity index (χ3n) is 3.43. The number of nitrogens with one attached hydrogen (secondary N) is 1. The van der Waals surface area contributed by atoms with Crippen molar-refractivity contribution >= 4 is 0 Å². The van der Waals surface area contributed by atoms with Crippen LogP contribution in [0, 0.1) is 0 Å². The van der Waals surface area contributed by atoms with Crippen LogP contribution in [-0.4, -0.2) is 6.54 Å². The molecule has 1 nitrogen and oxygen atoms in total. The number of hydrogen-bond donors (Lipinski definition) is 1.